The van der Waals surface area contributed by atoms with Gasteiger partial charge >= 0.3 is 0 Å². The Morgan fingerprint density at radius 2 is 2.12 bits per heavy atom. The van der Waals surface area contributed by atoms with Gasteiger partial charge in [-0.15, -0.1) is 11.3 Å². The minimum absolute atomic E-state index is 0.341. The lowest BCUT2D eigenvalue weighted by atomic mass is 10.0. The van der Waals surface area contributed by atoms with E-state index in [-0.39, 0.29) is 5.82 Å². The summed E-state index contributed by atoms with van der Waals surface area (Å²) >= 11 is 1.47. The van der Waals surface area contributed by atoms with Gasteiger partial charge in [0.15, 0.2) is 0 Å². The smallest absolute Gasteiger partial charge is 0.123 e. The lowest BCUT2D eigenvalue weighted by Crippen LogP contribution is -2.03. The van der Waals surface area contributed by atoms with Gasteiger partial charge in [0.2, 0.25) is 0 Å². The van der Waals surface area contributed by atoms with Gasteiger partial charge in [-0.2, -0.15) is 0 Å². The number of rotatable bonds is 2. The van der Waals surface area contributed by atoms with Crippen molar-refractivity contribution < 1.29 is 9.50 Å². The first kappa shape index (κ1) is 11.2. The van der Waals surface area contributed by atoms with Gasteiger partial charge in [-0.1, -0.05) is 6.07 Å². The van der Waals surface area contributed by atoms with E-state index in [1.165, 1.54) is 23.5 Å². The maximum Gasteiger partial charge on any atom is 0.123 e. The van der Waals surface area contributed by atoms with Gasteiger partial charge in [0, 0.05) is 5.38 Å². The lowest BCUT2D eigenvalue weighted by Gasteiger charge is -2.11. The van der Waals surface area contributed by atoms with Crippen LogP contribution in [-0.2, 0) is 0 Å². The average molecular weight is 237 g/mol. The van der Waals surface area contributed by atoms with Gasteiger partial charge < -0.3 is 5.11 Å². The minimum atomic E-state index is -0.847. The SMILES string of the molecule is Cc1nc(C(O)c2cc(F)ccc2C)cs1. The Morgan fingerprint density at radius 3 is 2.75 bits per heavy atom. The second kappa shape index (κ2) is 4.31. The molecule has 84 valence electrons. The molecule has 2 nitrogen and oxygen atoms in total. The molecule has 16 heavy (non-hydrogen) atoms. The van der Waals surface area contributed by atoms with Crippen LogP contribution in [0.15, 0.2) is 23.6 Å². The van der Waals surface area contributed by atoms with E-state index < -0.39 is 6.10 Å². The Bertz CT molecular complexity index is 509. The molecular weight excluding hydrogens is 225 g/mol. The van der Waals surface area contributed by atoms with Crippen molar-refractivity contribution in [1.29, 1.82) is 0 Å². The van der Waals surface area contributed by atoms with Crippen molar-refractivity contribution in [1.82, 2.24) is 4.98 Å². The highest BCUT2D eigenvalue weighted by Crippen LogP contribution is 2.26. The van der Waals surface area contributed by atoms with Crippen molar-refractivity contribution in [3.8, 4) is 0 Å². The number of nitrogens with zero attached hydrogens (tertiary/aromatic N) is 1. The first-order valence-electron chi connectivity index (χ1n) is 4.94. The van der Waals surface area contributed by atoms with Crippen LogP contribution in [0, 0.1) is 19.7 Å². The minimum Gasteiger partial charge on any atom is -0.382 e. The molecule has 1 N–H and O–H groups in total. The fraction of sp³-hybridized carbons (Fsp3) is 0.250. The van der Waals surface area contributed by atoms with Crippen LogP contribution >= 0.6 is 11.3 Å². The molecule has 1 heterocycles. The first-order valence-corrected chi connectivity index (χ1v) is 5.82. The largest absolute Gasteiger partial charge is 0.382 e. The molecule has 0 aliphatic carbocycles. The van der Waals surface area contributed by atoms with E-state index in [0.29, 0.717) is 11.3 Å². The molecule has 0 bridgehead atoms. The Balaban J connectivity index is 2.40. The van der Waals surface area contributed by atoms with Crippen molar-refractivity contribution in [2.75, 3.05) is 0 Å². The van der Waals surface area contributed by atoms with E-state index in [0.717, 1.165) is 10.6 Å². The van der Waals surface area contributed by atoms with Crippen LogP contribution < -0.4 is 0 Å². The van der Waals surface area contributed by atoms with Gasteiger partial charge in [-0.3, -0.25) is 0 Å². The molecule has 1 aromatic heterocycles. The lowest BCUT2D eigenvalue weighted by molar-refractivity contribution is 0.214. The van der Waals surface area contributed by atoms with Crippen molar-refractivity contribution in [2.45, 2.75) is 20.0 Å². The molecular formula is C12H12FNOS. The van der Waals surface area contributed by atoms with Crippen LogP contribution in [0.3, 0.4) is 0 Å². The van der Waals surface area contributed by atoms with Crippen LogP contribution in [-0.4, -0.2) is 10.1 Å². The molecule has 1 atom stereocenters. The molecule has 0 fully saturated rings. The number of benzene rings is 1. The van der Waals surface area contributed by atoms with Crippen LogP contribution in [0.2, 0.25) is 0 Å². The third-order valence-corrected chi connectivity index (χ3v) is 3.24. The van der Waals surface area contributed by atoms with Crippen molar-refractivity contribution >= 4 is 11.3 Å². The van der Waals surface area contributed by atoms with E-state index in [2.05, 4.69) is 4.98 Å². The predicted molar refractivity (Wildman–Crippen MR) is 62.0 cm³/mol. The third kappa shape index (κ3) is 2.13. The first-order chi connectivity index (χ1) is 7.58. The van der Waals surface area contributed by atoms with Crippen LogP contribution in [0.1, 0.15) is 27.9 Å². The van der Waals surface area contributed by atoms with E-state index in [4.69, 9.17) is 0 Å². The maximum absolute atomic E-state index is 13.1. The number of hydrogen-bond acceptors (Lipinski definition) is 3. The average Bonchev–Trinajstić information content (AvgIpc) is 2.67. The van der Waals surface area contributed by atoms with Gasteiger partial charge in [0.05, 0.1) is 10.7 Å². The van der Waals surface area contributed by atoms with Gasteiger partial charge in [0.1, 0.15) is 11.9 Å². The Kier molecular flexibility index (Phi) is 3.03. The molecule has 0 saturated carbocycles. The molecule has 2 rings (SSSR count). The fourth-order valence-electron chi connectivity index (χ4n) is 1.57. The molecule has 0 radical (unpaired) electrons. The number of aliphatic hydroxyl groups excluding tert-OH is 1. The van der Waals surface area contributed by atoms with Crippen molar-refractivity contribution in [2.24, 2.45) is 0 Å². The molecule has 0 aliphatic rings. The highest BCUT2D eigenvalue weighted by molar-refractivity contribution is 7.09. The van der Waals surface area contributed by atoms with E-state index in [1.807, 2.05) is 13.8 Å². The molecule has 0 aliphatic heterocycles. The zero-order chi connectivity index (χ0) is 11.7. The monoisotopic (exact) mass is 237 g/mol. The van der Waals surface area contributed by atoms with E-state index in [1.54, 1.807) is 11.4 Å². The normalized spacial score (nSPS) is 12.8. The molecule has 0 amide bonds. The number of halogens is 1. The Labute approximate surface area is 97.4 Å². The van der Waals surface area contributed by atoms with Crippen molar-refractivity contribution in [3.63, 3.8) is 0 Å². The summed E-state index contributed by atoms with van der Waals surface area (Å²) in [6.07, 6.45) is -0.847. The summed E-state index contributed by atoms with van der Waals surface area (Å²) in [6.45, 7) is 3.72. The standard InChI is InChI=1S/C12H12FNOS/c1-7-3-4-9(13)5-10(7)12(15)11-6-16-8(2)14-11/h3-6,12,15H,1-2H3. The topological polar surface area (TPSA) is 33.1 Å². The number of thiazole rings is 1. The second-order valence-electron chi connectivity index (χ2n) is 3.69. The summed E-state index contributed by atoms with van der Waals surface area (Å²) < 4.78 is 13.1. The molecule has 0 saturated heterocycles. The van der Waals surface area contributed by atoms with Crippen LogP contribution in [0.25, 0.3) is 0 Å². The van der Waals surface area contributed by atoms with Gasteiger partial charge in [-0.25, -0.2) is 9.37 Å². The summed E-state index contributed by atoms with van der Waals surface area (Å²) in [6, 6.07) is 4.40. The predicted octanol–water partition coefficient (Wildman–Crippen LogP) is 2.98. The Morgan fingerprint density at radius 1 is 1.38 bits per heavy atom. The summed E-state index contributed by atoms with van der Waals surface area (Å²) in [5, 5.41) is 12.8. The molecule has 1 aromatic carbocycles. The zero-order valence-electron chi connectivity index (χ0n) is 9.07. The fourth-order valence-corrected chi connectivity index (χ4v) is 2.20. The summed E-state index contributed by atoms with van der Waals surface area (Å²) in [7, 11) is 0. The third-order valence-electron chi connectivity index (χ3n) is 2.45. The van der Waals surface area contributed by atoms with Gasteiger partial charge in [0.25, 0.3) is 0 Å². The van der Waals surface area contributed by atoms with Gasteiger partial charge in [-0.05, 0) is 37.1 Å². The number of aliphatic hydroxyl groups is 1. The highest BCUT2D eigenvalue weighted by atomic mass is 32.1. The molecule has 0 spiro atoms. The zero-order valence-corrected chi connectivity index (χ0v) is 9.88. The highest BCUT2D eigenvalue weighted by Gasteiger charge is 2.16. The van der Waals surface area contributed by atoms with Crippen LogP contribution in [0.5, 0.6) is 0 Å². The van der Waals surface area contributed by atoms with Crippen molar-refractivity contribution in [3.05, 3.63) is 51.2 Å². The summed E-state index contributed by atoms with van der Waals surface area (Å²) in [4.78, 5) is 4.20. The number of aromatic nitrogens is 1. The number of aryl methyl sites for hydroxylation is 2. The number of hydrogen-bond donors (Lipinski definition) is 1. The van der Waals surface area contributed by atoms with E-state index >= 15 is 0 Å². The van der Waals surface area contributed by atoms with E-state index in [9.17, 15) is 9.50 Å². The summed E-state index contributed by atoms with van der Waals surface area (Å²) in [5.41, 5.74) is 2.01. The summed E-state index contributed by atoms with van der Waals surface area (Å²) in [5.74, 6) is -0.341. The van der Waals surface area contributed by atoms with Crippen LogP contribution in [0.4, 0.5) is 4.39 Å². The quantitative estimate of drug-likeness (QED) is 0.871. The second-order valence-corrected chi connectivity index (χ2v) is 4.76. The molecule has 4 heteroatoms. The Hall–Kier alpha value is -1.26. The molecule has 1 unspecified atom stereocenters. The molecule has 2 aromatic rings. The maximum atomic E-state index is 13.1.